The molecular weight excluding hydrogens is 355 g/mol. The summed E-state index contributed by atoms with van der Waals surface area (Å²) in [5.41, 5.74) is 1.38. The number of nitrogens with zero attached hydrogens (tertiary/aromatic N) is 5. The fourth-order valence-electron chi connectivity index (χ4n) is 2.02. The van der Waals surface area contributed by atoms with Crippen LogP contribution in [0.25, 0.3) is 11.4 Å². The Morgan fingerprint density at radius 3 is 2.60 bits per heavy atom. The van der Waals surface area contributed by atoms with Gasteiger partial charge in [0.15, 0.2) is 0 Å². The van der Waals surface area contributed by atoms with Gasteiger partial charge in [0.2, 0.25) is 11.0 Å². The Bertz CT molecular complexity index is 828. The number of hydrogen-bond donors (Lipinski definition) is 0. The molecule has 25 heavy (non-hydrogen) atoms. The lowest BCUT2D eigenvalue weighted by molar-refractivity contribution is -0.159. The average Bonchev–Trinajstić information content (AvgIpc) is 3.23. The van der Waals surface area contributed by atoms with Crippen molar-refractivity contribution in [1.29, 1.82) is 0 Å². The van der Waals surface area contributed by atoms with Gasteiger partial charge in [-0.3, -0.25) is 0 Å². The third-order valence-electron chi connectivity index (χ3n) is 3.18. The van der Waals surface area contributed by atoms with Gasteiger partial charge >= 0.3 is 12.1 Å². The smallest absolute Gasteiger partial charge is 0.329 e. The number of alkyl halides is 3. The molecule has 0 aliphatic rings. The summed E-state index contributed by atoms with van der Waals surface area (Å²) in [5, 5.41) is 8.45. The molecule has 0 saturated carbocycles. The van der Waals surface area contributed by atoms with Gasteiger partial charge in [0.05, 0.1) is 6.54 Å². The number of halogens is 3. The summed E-state index contributed by atoms with van der Waals surface area (Å²) in [4.78, 5) is 7.58. The summed E-state index contributed by atoms with van der Waals surface area (Å²) < 4.78 is 43.4. The Morgan fingerprint density at radius 2 is 1.96 bits per heavy atom. The van der Waals surface area contributed by atoms with Crippen molar-refractivity contribution < 1.29 is 17.7 Å². The molecule has 0 fully saturated rings. The average molecular weight is 369 g/mol. The van der Waals surface area contributed by atoms with Gasteiger partial charge in [-0.1, -0.05) is 48.1 Å². The fraction of sp³-hybridized carbons (Fsp3) is 0.333. The molecule has 3 rings (SSSR count). The van der Waals surface area contributed by atoms with E-state index >= 15 is 0 Å². The number of benzene rings is 1. The second-order valence-electron chi connectivity index (χ2n) is 5.19. The molecule has 0 N–H and O–H groups in total. The molecule has 10 heteroatoms. The van der Waals surface area contributed by atoms with E-state index in [1.807, 2.05) is 0 Å². The quantitative estimate of drug-likeness (QED) is 0.614. The molecule has 132 valence electrons. The van der Waals surface area contributed by atoms with Crippen LogP contribution in [0.5, 0.6) is 0 Å². The van der Waals surface area contributed by atoms with Gasteiger partial charge in [-0.15, -0.1) is 5.10 Å². The lowest BCUT2D eigenvalue weighted by Crippen LogP contribution is -2.04. The van der Waals surface area contributed by atoms with Crippen molar-refractivity contribution in [3.8, 4) is 11.4 Å². The maximum Gasteiger partial charge on any atom is 0.471 e. The number of hydrogen-bond acceptors (Lipinski definition) is 6. The first-order chi connectivity index (χ1) is 12.0. The van der Waals surface area contributed by atoms with E-state index in [1.54, 1.807) is 47.0 Å². The first-order valence-electron chi connectivity index (χ1n) is 7.48. The van der Waals surface area contributed by atoms with Gasteiger partial charge in [-0.05, 0) is 12.0 Å². The van der Waals surface area contributed by atoms with Crippen molar-refractivity contribution in [3.63, 3.8) is 0 Å². The zero-order valence-electron chi connectivity index (χ0n) is 13.2. The summed E-state index contributed by atoms with van der Waals surface area (Å²) in [6.45, 7) is 2.60. The molecule has 6 nitrogen and oxygen atoms in total. The topological polar surface area (TPSA) is 69.6 Å². The largest absolute Gasteiger partial charge is 0.471 e. The minimum absolute atomic E-state index is 0.0992. The highest BCUT2D eigenvalue weighted by atomic mass is 32.2. The highest BCUT2D eigenvalue weighted by Crippen LogP contribution is 2.29. The number of rotatable bonds is 6. The summed E-state index contributed by atoms with van der Waals surface area (Å²) in [5.74, 6) is -0.493. The van der Waals surface area contributed by atoms with Crippen LogP contribution in [0.4, 0.5) is 13.2 Å². The van der Waals surface area contributed by atoms with Crippen LogP contribution in [0.3, 0.4) is 0 Å². The molecular formula is C15H14F3N5OS. The standard InChI is InChI=1S/C15H14F3N5OS/c1-2-7-25-14-19-9-23(21-14)8-10-3-5-11(6-4-10)12-20-13(24-22-12)15(16,17)18/h3-6,9H,2,7-8H2,1H3. The summed E-state index contributed by atoms with van der Waals surface area (Å²) in [6.07, 6.45) is -1.95. The third-order valence-corrected chi connectivity index (χ3v) is 4.23. The Hall–Kier alpha value is -2.36. The van der Waals surface area contributed by atoms with Crippen LogP contribution in [-0.2, 0) is 12.7 Å². The molecule has 2 heterocycles. The van der Waals surface area contributed by atoms with Gasteiger partial charge in [-0.2, -0.15) is 18.2 Å². The summed E-state index contributed by atoms with van der Waals surface area (Å²) in [6, 6.07) is 6.84. The summed E-state index contributed by atoms with van der Waals surface area (Å²) in [7, 11) is 0. The van der Waals surface area contributed by atoms with Crippen molar-refractivity contribution in [1.82, 2.24) is 24.9 Å². The number of thioether (sulfide) groups is 1. The van der Waals surface area contributed by atoms with Crippen LogP contribution < -0.4 is 0 Å². The van der Waals surface area contributed by atoms with E-state index in [2.05, 4.69) is 31.7 Å². The first-order valence-corrected chi connectivity index (χ1v) is 8.46. The molecule has 0 radical (unpaired) electrons. The Labute approximate surface area is 145 Å². The molecule has 1 aromatic carbocycles. The molecule has 2 aromatic heterocycles. The van der Waals surface area contributed by atoms with Gasteiger partial charge in [0.1, 0.15) is 6.33 Å². The van der Waals surface area contributed by atoms with Gasteiger partial charge in [-0.25, -0.2) is 9.67 Å². The van der Waals surface area contributed by atoms with Gasteiger partial charge in [0, 0.05) is 11.3 Å². The lowest BCUT2D eigenvalue weighted by atomic mass is 10.1. The molecule has 0 aliphatic carbocycles. The van der Waals surface area contributed by atoms with Crippen LogP contribution in [0.15, 0.2) is 40.3 Å². The first kappa shape index (κ1) is 17.5. The molecule has 3 aromatic rings. The molecule has 0 amide bonds. The minimum atomic E-state index is -4.65. The van der Waals surface area contributed by atoms with Crippen LogP contribution in [-0.4, -0.2) is 30.7 Å². The normalized spacial score (nSPS) is 11.8. The van der Waals surface area contributed by atoms with Crippen LogP contribution in [0, 0.1) is 0 Å². The monoisotopic (exact) mass is 369 g/mol. The zero-order chi connectivity index (χ0) is 17.9. The second-order valence-corrected chi connectivity index (χ2v) is 6.25. The Kier molecular flexibility index (Phi) is 5.07. The molecule has 0 unspecified atom stereocenters. The fourth-order valence-corrected chi connectivity index (χ4v) is 2.69. The lowest BCUT2D eigenvalue weighted by Gasteiger charge is -2.02. The van der Waals surface area contributed by atoms with Crippen molar-refractivity contribution in [2.45, 2.75) is 31.2 Å². The third kappa shape index (κ3) is 4.38. The zero-order valence-corrected chi connectivity index (χ0v) is 14.0. The molecule has 0 aliphatic heterocycles. The molecule has 0 saturated heterocycles. The predicted molar refractivity (Wildman–Crippen MR) is 84.9 cm³/mol. The maximum absolute atomic E-state index is 12.5. The van der Waals surface area contributed by atoms with Gasteiger partial charge in [0.25, 0.3) is 0 Å². The van der Waals surface area contributed by atoms with Crippen molar-refractivity contribution >= 4 is 11.8 Å². The predicted octanol–water partition coefficient (Wildman–Crippen LogP) is 3.90. The Morgan fingerprint density at radius 1 is 1.20 bits per heavy atom. The second kappa shape index (κ2) is 7.26. The van der Waals surface area contributed by atoms with Crippen molar-refractivity contribution in [3.05, 3.63) is 42.0 Å². The van der Waals surface area contributed by atoms with E-state index in [0.717, 1.165) is 22.9 Å². The minimum Gasteiger partial charge on any atom is -0.329 e. The van der Waals surface area contributed by atoms with E-state index in [9.17, 15) is 13.2 Å². The van der Waals surface area contributed by atoms with Crippen molar-refractivity contribution in [2.24, 2.45) is 0 Å². The summed E-state index contributed by atoms with van der Waals surface area (Å²) >= 11 is 1.59. The van der Waals surface area contributed by atoms with E-state index in [1.165, 1.54) is 0 Å². The van der Waals surface area contributed by atoms with Crippen LogP contribution >= 0.6 is 11.8 Å². The SMILES string of the molecule is CCCSc1ncn(Cc2ccc(-c3noc(C(F)(F)F)n3)cc2)n1. The maximum atomic E-state index is 12.5. The highest BCUT2D eigenvalue weighted by molar-refractivity contribution is 7.99. The van der Waals surface area contributed by atoms with Crippen LogP contribution in [0.2, 0.25) is 0 Å². The van der Waals surface area contributed by atoms with E-state index in [4.69, 9.17) is 0 Å². The van der Waals surface area contributed by atoms with E-state index in [-0.39, 0.29) is 5.82 Å². The van der Waals surface area contributed by atoms with E-state index < -0.39 is 12.1 Å². The molecule has 0 bridgehead atoms. The van der Waals surface area contributed by atoms with Crippen LogP contribution in [0.1, 0.15) is 24.8 Å². The molecule has 0 spiro atoms. The Balaban J connectivity index is 1.68. The number of aromatic nitrogens is 5. The molecule has 0 atom stereocenters. The van der Waals surface area contributed by atoms with E-state index in [0.29, 0.717) is 12.1 Å². The van der Waals surface area contributed by atoms with Gasteiger partial charge < -0.3 is 4.52 Å². The highest BCUT2D eigenvalue weighted by Gasteiger charge is 2.38. The van der Waals surface area contributed by atoms with Crippen molar-refractivity contribution in [2.75, 3.05) is 5.75 Å².